The molecule has 0 amide bonds. The van der Waals surface area contributed by atoms with Crippen molar-refractivity contribution in [1.29, 1.82) is 0 Å². The van der Waals surface area contributed by atoms with Gasteiger partial charge < -0.3 is 14.7 Å². The average Bonchev–Trinajstić information content (AvgIpc) is 2.08. The summed E-state index contributed by atoms with van der Waals surface area (Å²) in [7, 11) is -1.82. The first-order valence-electron chi connectivity index (χ1n) is 3.18. The van der Waals surface area contributed by atoms with E-state index in [1.54, 1.807) is 19.9 Å². The molecule has 1 atom stereocenters. The Morgan fingerprint density at radius 3 is 2.64 bits per heavy atom. The van der Waals surface area contributed by atoms with Crippen molar-refractivity contribution in [3.8, 4) is 0 Å². The second-order valence-corrected chi connectivity index (χ2v) is 2.48. The monoisotopic (exact) mass is 156 g/mol. The molecule has 0 spiro atoms. The number of hydrogen-bond donors (Lipinski definition) is 2. The topological polar surface area (TPSA) is 74.4 Å². The quantitative estimate of drug-likeness (QED) is 0.555. The highest BCUT2D eigenvalue weighted by molar-refractivity contribution is 6.32. The smallest absolute Gasteiger partial charge is 0.402 e. The first-order valence-corrected chi connectivity index (χ1v) is 3.18. The number of rotatable bonds is 2. The van der Waals surface area contributed by atoms with Crippen LogP contribution in [0.2, 0.25) is 0 Å². The molecular weight excluding hydrogens is 147 g/mol. The summed E-state index contributed by atoms with van der Waals surface area (Å²) in [5.74, 6) is 0. The molecule has 1 aliphatic heterocycles. The predicted octanol–water partition coefficient (Wildman–Crippen LogP) is 0.0583. The van der Waals surface area contributed by atoms with Gasteiger partial charge in [0.05, 0.1) is 5.70 Å². The van der Waals surface area contributed by atoms with Gasteiger partial charge in [-0.2, -0.15) is 10.2 Å². The molecule has 5 nitrogen and oxygen atoms in total. The van der Waals surface area contributed by atoms with Gasteiger partial charge in [-0.15, -0.1) is 0 Å². The molecule has 0 saturated carbocycles. The van der Waals surface area contributed by atoms with E-state index in [9.17, 15) is 0 Å². The minimum Gasteiger partial charge on any atom is -0.402 e. The molecule has 1 unspecified atom stereocenters. The van der Waals surface area contributed by atoms with Crippen molar-refractivity contribution in [1.82, 2.24) is 0 Å². The zero-order valence-corrected chi connectivity index (χ0v) is 6.35. The highest BCUT2D eigenvalue weighted by Gasteiger charge is 2.31. The molecule has 0 fully saturated rings. The molecule has 1 rings (SSSR count). The first-order chi connectivity index (χ1) is 5.02. The third-order valence-electron chi connectivity index (χ3n) is 1.23. The van der Waals surface area contributed by atoms with Crippen LogP contribution in [0.25, 0.3) is 0 Å². The summed E-state index contributed by atoms with van der Waals surface area (Å²) in [6.07, 6.45) is 1.60. The Bertz CT molecular complexity index is 216. The maximum atomic E-state index is 8.47. The SMILES string of the molecule is CC1=CC(C)(OB(O)O)N=N1. The highest BCUT2D eigenvalue weighted by atomic mass is 16.6. The van der Waals surface area contributed by atoms with Crippen LogP contribution in [0.5, 0.6) is 0 Å². The van der Waals surface area contributed by atoms with Crippen LogP contribution in [0, 0.1) is 0 Å². The van der Waals surface area contributed by atoms with Crippen molar-refractivity contribution < 1.29 is 14.7 Å². The molecule has 0 saturated heterocycles. The van der Waals surface area contributed by atoms with Crippen molar-refractivity contribution in [2.45, 2.75) is 19.6 Å². The minimum atomic E-state index is -1.82. The van der Waals surface area contributed by atoms with E-state index in [0.29, 0.717) is 5.70 Å². The molecule has 0 aromatic rings. The van der Waals surface area contributed by atoms with E-state index >= 15 is 0 Å². The molecule has 6 heteroatoms. The number of azo groups is 1. The van der Waals surface area contributed by atoms with E-state index in [0.717, 1.165) is 0 Å². The van der Waals surface area contributed by atoms with Gasteiger partial charge in [-0.1, -0.05) is 0 Å². The van der Waals surface area contributed by atoms with Gasteiger partial charge >= 0.3 is 7.32 Å². The Morgan fingerprint density at radius 1 is 1.64 bits per heavy atom. The van der Waals surface area contributed by atoms with Crippen molar-refractivity contribution >= 4 is 7.32 Å². The van der Waals surface area contributed by atoms with E-state index in [1.165, 1.54) is 0 Å². The maximum Gasteiger partial charge on any atom is 0.635 e. The van der Waals surface area contributed by atoms with Crippen molar-refractivity contribution in [2.24, 2.45) is 10.2 Å². The van der Waals surface area contributed by atoms with Gasteiger partial charge in [0.15, 0.2) is 5.72 Å². The van der Waals surface area contributed by atoms with Crippen molar-refractivity contribution in [2.75, 3.05) is 0 Å². The Morgan fingerprint density at radius 2 is 2.27 bits per heavy atom. The molecule has 0 aromatic heterocycles. The number of nitrogens with zero attached hydrogens (tertiary/aromatic N) is 2. The standard InChI is InChI=1S/C5H9BN2O3/c1-4-3-5(2,8-7-4)11-6(9)10/h3,9-10H,1-2H3. The van der Waals surface area contributed by atoms with Crippen molar-refractivity contribution in [3.63, 3.8) is 0 Å². The molecule has 2 N–H and O–H groups in total. The van der Waals surface area contributed by atoms with Gasteiger partial charge in [0.2, 0.25) is 0 Å². The molecule has 1 aliphatic rings. The summed E-state index contributed by atoms with van der Waals surface area (Å²) in [4.78, 5) is 0. The van der Waals surface area contributed by atoms with E-state index in [2.05, 4.69) is 14.9 Å². The van der Waals surface area contributed by atoms with E-state index in [4.69, 9.17) is 10.0 Å². The predicted molar refractivity (Wildman–Crippen MR) is 38.3 cm³/mol. The zero-order chi connectivity index (χ0) is 8.48. The Labute approximate surface area is 64.6 Å². The van der Waals surface area contributed by atoms with Gasteiger partial charge in [-0.05, 0) is 19.9 Å². The number of hydrogen-bond acceptors (Lipinski definition) is 5. The lowest BCUT2D eigenvalue weighted by Gasteiger charge is -2.16. The lowest BCUT2D eigenvalue weighted by molar-refractivity contribution is 0.0786. The molecule has 0 radical (unpaired) electrons. The van der Waals surface area contributed by atoms with Crippen LogP contribution >= 0.6 is 0 Å². The third-order valence-corrected chi connectivity index (χ3v) is 1.23. The summed E-state index contributed by atoms with van der Waals surface area (Å²) in [5, 5.41) is 24.3. The van der Waals surface area contributed by atoms with Crippen LogP contribution < -0.4 is 0 Å². The molecule has 0 bridgehead atoms. The second kappa shape index (κ2) is 2.73. The van der Waals surface area contributed by atoms with Crippen LogP contribution in [0.3, 0.4) is 0 Å². The van der Waals surface area contributed by atoms with Gasteiger partial charge in [0.1, 0.15) is 0 Å². The van der Waals surface area contributed by atoms with Crippen LogP contribution in [-0.2, 0) is 4.65 Å². The number of allylic oxidation sites excluding steroid dienone is 1. The van der Waals surface area contributed by atoms with Gasteiger partial charge in [-0.3, -0.25) is 0 Å². The fraction of sp³-hybridized carbons (Fsp3) is 0.600. The van der Waals surface area contributed by atoms with Crippen LogP contribution in [0.15, 0.2) is 22.0 Å². The molecule has 0 aromatic carbocycles. The maximum absolute atomic E-state index is 8.47. The molecule has 60 valence electrons. The van der Waals surface area contributed by atoms with Crippen LogP contribution in [-0.4, -0.2) is 23.1 Å². The summed E-state index contributed by atoms with van der Waals surface area (Å²) in [5.41, 5.74) is -0.314. The lowest BCUT2D eigenvalue weighted by Crippen LogP contribution is -2.31. The zero-order valence-electron chi connectivity index (χ0n) is 6.35. The molecular formula is C5H9BN2O3. The van der Waals surface area contributed by atoms with Crippen LogP contribution in [0.4, 0.5) is 0 Å². The summed E-state index contributed by atoms with van der Waals surface area (Å²) < 4.78 is 4.64. The lowest BCUT2D eigenvalue weighted by atomic mass is 10.2. The van der Waals surface area contributed by atoms with Crippen molar-refractivity contribution in [3.05, 3.63) is 11.8 Å². The Balaban J connectivity index is 2.64. The largest absolute Gasteiger partial charge is 0.635 e. The first kappa shape index (κ1) is 8.38. The fourth-order valence-corrected chi connectivity index (χ4v) is 0.894. The molecule has 0 aliphatic carbocycles. The normalized spacial score (nSPS) is 28.9. The van der Waals surface area contributed by atoms with Crippen LogP contribution in [0.1, 0.15) is 13.8 Å². The molecule has 1 heterocycles. The summed E-state index contributed by atoms with van der Waals surface area (Å²) >= 11 is 0. The van der Waals surface area contributed by atoms with Gasteiger partial charge in [-0.25, -0.2) is 0 Å². The summed E-state index contributed by atoms with van der Waals surface area (Å²) in [6.45, 7) is 3.34. The van der Waals surface area contributed by atoms with Gasteiger partial charge in [0.25, 0.3) is 0 Å². The fourth-order valence-electron chi connectivity index (χ4n) is 0.894. The minimum absolute atomic E-state index is 0.702. The average molecular weight is 156 g/mol. The molecule has 11 heavy (non-hydrogen) atoms. The highest BCUT2D eigenvalue weighted by Crippen LogP contribution is 2.24. The van der Waals surface area contributed by atoms with E-state index in [-0.39, 0.29) is 0 Å². The Hall–Kier alpha value is -0.715. The van der Waals surface area contributed by atoms with Gasteiger partial charge in [0, 0.05) is 0 Å². The summed E-state index contributed by atoms with van der Waals surface area (Å²) in [6, 6.07) is 0. The second-order valence-electron chi connectivity index (χ2n) is 2.48. The third kappa shape index (κ3) is 2.11. The van der Waals surface area contributed by atoms with E-state index < -0.39 is 13.0 Å². The Kier molecular flexibility index (Phi) is 2.08. The van der Waals surface area contributed by atoms with E-state index in [1.807, 2.05) is 0 Å².